The van der Waals surface area contributed by atoms with Crippen LogP contribution < -0.4 is 0 Å². The molecule has 3 aromatic rings. The predicted octanol–water partition coefficient (Wildman–Crippen LogP) is 12.2. The molecule has 0 saturated carbocycles. The maximum atomic E-state index is 9.89. The SMILES string of the molecule is CCC/C(C#Cc1ccc(C#C/C(CCC)=C(/C#Cc2ccc(C#C[Si](C(C)C)(C(C)C)C(C)C)nc2)CCC)nc1)=C(\C#Cc1ccc(C#CC(C)(C)O)cn1)CCC. The van der Waals surface area contributed by atoms with E-state index in [-0.39, 0.29) is 0 Å². The Morgan fingerprint density at radius 1 is 0.500 bits per heavy atom. The fourth-order valence-corrected chi connectivity index (χ4v) is 12.4. The molecule has 0 saturated heterocycles. The van der Waals surface area contributed by atoms with Crippen LogP contribution in [0.1, 0.15) is 168 Å². The molecule has 0 radical (unpaired) electrons. The molecule has 4 nitrogen and oxygen atoms in total. The van der Waals surface area contributed by atoms with E-state index in [9.17, 15) is 5.11 Å². The lowest BCUT2D eigenvalue weighted by molar-refractivity contribution is 0.143. The van der Waals surface area contributed by atoms with Crippen molar-refractivity contribution in [2.75, 3.05) is 0 Å². The molecule has 1 N–H and O–H groups in total. The molecular formula is C55H65N3OSi. The number of rotatable bonds is 11. The van der Waals surface area contributed by atoms with Gasteiger partial charge in [0.05, 0.1) is 0 Å². The van der Waals surface area contributed by atoms with E-state index in [4.69, 9.17) is 4.98 Å². The summed E-state index contributed by atoms with van der Waals surface area (Å²) in [6.45, 7) is 26.0. The summed E-state index contributed by atoms with van der Waals surface area (Å²) < 4.78 is 0. The molecule has 3 rings (SSSR count). The summed E-state index contributed by atoms with van der Waals surface area (Å²) >= 11 is 0. The minimum Gasteiger partial charge on any atom is -0.378 e. The number of aliphatic hydroxyl groups is 1. The number of allylic oxidation sites excluding steroid dienone is 4. The molecule has 0 aliphatic heterocycles. The highest BCUT2D eigenvalue weighted by Crippen LogP contribution is 2.40. The van der Waals surface area contributed by atoms with Crippen molar-refractivity contribution in [3.63, 3.8) is 0 Å². The Balaban J connectivity index is 1.87. The van der Waals surface area contributed by atoms with Crippen LogP contribution in [-0.4, -0.2) is 33.7 Å². The molecule has 5 heteroatoms. The monoisotopic (exact) mass is 811 g/mol. The average molecular weight is 812 g/mol. The normalized spacial score (nSPS) is 11.8. The van der Waals surface area contributed by atoms with Crippen molar-refractivity contribution in [2.45, 2.75) is 157 Å². The first-order valence-electron chi connectivity index (χ1n) is 21.8. The fraction of sp³-hybridized carbons (Fsp3) is 0.436. The summed E-state index contributed by atoms with van der Waals surface area (Å²) in [6, 6.07) is 11.7. The van der Waals surface area contributed by atoms with E-state index in [2.05, 4.69) is 150 Å². The van der Waals surface area contributed by atoms with Gasteiger partial charge in [-0.05, 0) is 104 Å². The maximum Gasteiger partial charge on any atom is 0.146 e. The molecule has 3 aromatic heterocycles. The van der Waals surface area contributed by atoms with Crippen molar-refractivity contribution in [3.8, 4) is 70.7 Å². The Morgan fingerprint density at radius 3 is 1.10 bits per heavy atom. The highest BCUT2D eigenvalue weighted by molar-refractivity contribution is 6.90. The summed E-state index contributed by atoms with van der Waals surface area (Å²) in [5.74, 6) is 36.1. The van der Waals surface area contributed by atoms with Gasteiger partial charge in [-0.1, -0.05) is 148 Å². The smallest absolute Gasteiger partial charge is 0.146 e. The molecule has 310 valence electrons. The number of hydrogen-bond donors (Lipinski definition) is 1. The minimum absolute atomic E-state index is 0.579. The first kappa shape index (κ1) is 48.8. The molecule has 0 aliphatic rings. The van der Waals surface area contributed by atoms with Crippen LogP contribution in [0.5, 0.6) is 0 Å². The second-order valence-electron chi connectivity index (χ2n) is 16.7. The summed E-state index contributed by atoms with van der Waals surface area (Å²) in [7, 11) is -1.83. The van der Waals surface area contributed by atoms with Gasteiger partial charge in [0.2, 0.25) is 0 Å². The molecule has 0 aromatic carbocycles. The zero-order valence-corrected chi connectivity index (χ0v) is 39.4. The first-order chi connectivity index (χ1) is 28.6. The van der Waals surface area contributed by atoms with Crippen molar-refractivity contribution in [1.29, 1.82) is 0 Å². The van der Waals surface area contributed by atoms with Crippen LogP contribution in [0.3, 0.4) is 0 Å². The molecule has 0 fully saturated rings. The van der Waals surface area contributed by atoms with E-state index in [1.807, 2.05) is 42.6 Å². The van der Waals surface area contributed by atoms with Gasteiger partial charge in [0, 0.05) is 57.6 Å². The van der Waals surface area contributed by atoms with Crippen molar-refractivity contribution in [1.82, 2.24) is 15.0 Å². The van der Waals surface area contributed by atoms with Crippen LogP contribution in [0.15, 0.2) is 77.3 Å². The van der Waals surface area contributed by atoms with Crippen LogP contribution in [0.4, 0.5) is 0 Å². The van der Waals surface area contributed by atoms with E-state index in [0.29, 0.717) is 28.0 Å². The van der Waals surface area contributed by atoms with E-state index >= 15 is 0 Å². The number of pyridine rings is 3. The van der Waals surface area contributed by atoms with E-state index in [1.165, 1.54) is 0 Å². The van der Waals surface area contributed by atoms with E-state index in [0.717, 1.165) is 96.0 Å². The summed E-state index contributed by atoms with van der Waals surface area (Å²) in [5.41, 5.74) is 13.3. The molecular weight excluding hydrogens is 747 g/mol. The molecule has 0 aliphatic carbocycles. The van der Waals surface area contributed by atoms with Crippen LogP contribution in [-0.2, 0) is 0 Å². The van der Waals surface area contributed by atoms with E-state index < -0.39 is 13.7 Å². The topological polar surface area (TPSA) is 58.9 Å². The van der Waals surface area contributed by atoms with E-state index in [1.54, 1.807) is 26.2 Å². The predicted molar refractivity (Wildman–Crippen MR) is 255 cm³/mol. The Labute approximate surface area is 365 Å². The lowest BCUT2D eigenvalue weighted by Crippen LogP contribution is -2.43. The molecule has 0 atom stereocenters. The minimum atomic E-state index is -1.83. The van der Waals surface area contributed by atoms with Crippen molar-refractivity contribution in [3.05, 3.63) is 111 Å². The molecule has 0 unspecified atom stereocenters. The molecule has 60 heavy (non-hydrogen) atoms. The fourth-order valence-electron chi connectivity index (χ4n) is 7.19. The lowest BCUT2D eigenvalue weighted by atomic mass is 9.99. The van der Waals surface area contributed by atoms with Gasteiger partial charge in [0.25, 0.3) is 0 Å². The van der Waals surface area contributed by atoms with Gasteiger partial charge >= 0.3 is 0 Å². The van der Waals surface area contributed by atoms with Gasteiger partial charge in [-0.2, -0.15) is 0 Å². The first-order valence-corrected chi connectivity index (χ1v) is 24.1. The Hall–Kier alpha value is -5.53. The van der Waals surface area contributed by atoms with Gasteiger partial charge in [0.15, 0.2) is 0 Å². The van der Waals surface area contributed by atoms with Crippen LogP contribution in [0.2, 0.25) is 16.6 Å². The number of aromatic nitrogens is 3. The van der Waals surface area contributed by atoms with Crippen molar-refractivity contribution in [2.24, 2.45) is 0 Å². The quantitative estimate of drug-likeness (QED) is 0.155. The van der Waals surface area contributed by atoms with Crippen molar-refractivity contribution < 1.29 is 5.11 Å². The highest BCUT2D eigenvalue weighted by atomic mass is 28.3. The third-order valence-electron chi connectivity index (χ3n) is 10.2. The Bertz CT molecular complexity index is 2310. The largest absolute Gasteiger partial charge is 0.378 e. The van der Waals surface area contributed by atoms with Gasteiger partial charge in [0.1, 0.15) is 30.8 Å². The van der Waals surface area contributed by atoms with Gasteiger partial charge in [-0.15, -0.1) is 5.54 Å². The Morgan fingerprint density at radius 2 is 0.817 bits per heavy atom. The summed E-state index contributed by atoms with van der Waals surface area (Å²) in [4.78, 5) is 13.8. The van der Waals surface area contributed by atoms with Gasteiger partial charge in [-0.3, -0.25) is 0 Å². The zero-order valence-electron chi connectivity index (χ0n) is 38.4. The third kappa shape index (κ3) is 15.6. The average Bonchev–Trinajstić information content (AvgIpc) is 3.21. The van der Waals surface area contributed by atoms with Crippen LogP contribution in [0, 0.1) is 70.7 Å². The molecule has 3 heterocycles. The Kier molecular flexibility index (Phi) is 20.0. The molecule has 0 bridgehead atoms. The van der Waals surface area contributed by atoms with Gasteiger partial charge < -0.3 is 5.11 Å². The maximum absolute atomic E-state index is 9.89. The van der Waals surface area contributed by atoms with Gasteiger partial charge in [-0.25, -0.2) is 15.0 Å². The van der Waals surface area contributed by atoms with Crippen molar-refractivity contribution >= 4 is 8.07 Å². The third-order valence-corrected chi connectivity index (χ3v) is 16.5. The molecule has 0 amide bonds. The van der Waals surface area contributed by atoms with Crippen LogP contribution >= 0.6 is 0 Å². The second-order valence-corrected chi connectivity index (χ2v) is 22.2. The summed E-state index contributed by atoms with van der Waals surface area (Å²) in [6.07, 6.45) is 12.6. The number of nitrogens with zero attached hydrogens (tertiary/aromatic N) is 3. The molecule has 0 spiro atoms. The highest BCUT2D eigenvalue weighted by Gasteiger charge is 2.41. The zero-order chi connectivity index (χ0) is 44.1. The summed E-state index contributed by atoms with van der Waals surface area (Å²) in [5, 5.41) is 9.89. The second kappa shape index (κ2) is 24.5. The number of hydrogen-bond acceptors (Lipinski definition) is 4. The standard InChI is InChI=1S/C55H65N3OSi/c1-13-17-48(51(20-16-4)29-34-53-31-25-47(41-57-53)35-37-55(11,12)59)26-21-45-23-30-52(56-39-45)33-28-50(19-15-3)49(18-14-2)27-22-46-24-32-54(58-40-46)36-38-60(42(5)6,43(7)8)44(9)10/h23-25,30-32,39-44,59H,13-20H2,1-12H3/b50-49+,51-48+. The van der Waals surface area contributed by atoms with Crippen LogP contribution in [0.25, 0.3) is 0 Å². The lowest BCUT2D eigenvalue weighted by Gasteiger charge is -2.38.